The molecule has 0 spiro atoms. The molecule has 0 aliphatic carbocycles. The fourth-order valence-corrected chi connectivity index (χ4v) is 4.77. The highest BCUT2D eigenvalue weighted by Gasteiger charge is 2.55. The topological polar surface area (TPSA) is 63.2 Å². The monoisotopic (exact) mass is 365 g/mol. The molecule has 2 saturated heterocycles. The van der Waals surface area contributed by atoms with E-state index in [1.807, 2.05) is 18.2 Å². The Morgan fingerprint density at radius 2 is 2.11 bits per heavy atom. The third kappa shape index (κ3) is 3.56. The number of aromatic nitrogens is 1. The summed E-state index contributed by atoms with van der Waals surface area (Å²) in [4.78, 5) is 17.5. The van der Waals surface area contributed by atoms with Gasteiger partial charge in [0.25, 0.3) is 0 Å². The van der Waals surface area contributed by atoms with E-state index in [1.165, 1.54) is 12.0 Å². The van der Waals surface area contributed by atoms with Crippen LogP contribution in [-0.2, 0) is 17.6 Å². The molecule has 2 aliphatic rings. The van der Waals surface area contributed by atoms with Crippen molar-refractivity contribution in [3.63, 3.8) is 0 Å². The normalized spacial score (nSPS) is 26.1. The molecule has 2 bridgehead atoms. The van der Waals surface area contributed by atoms with Gasteiger partial charge in [-0.15, -0.1) is 0 Å². The fourth-order valence-electron chi connectivity index (χ4n) is 4.77. The van der Waals surface area contributed by atoms with Crippen LogP contribution in [0.1, 0.15) is 30.4 Å². The van der Waals surface area contributed by atoms with Crippen molar-refractivity contribution in [2.24, 2.45) is 5.41 Å². The molecule has 0 unspecified atom stereocenters. The zero-order valence-corrected chi connectivity index (χ0v) is 15.8. The zero-order valence-electron chi connectivity index (χ0n) is 15.8. The lowest BCUT2D eigenvalue weighted by atomic mass is 9.69. The minimum atomic E-state index is -0.344. The number of carbonyl (C=O) groups is 1. The van der Waals surface area contributed by atoms with Crippen LogP contribution < -0.4 is 15.4 Å². The van der Waals surface area contributed by atoms with E-state index in [9.17, 15) is 4.79 Å². The van der Waals surface area contributed by atoms with Crippen LogP contribution in [0.25, 0.3) is 0 Å². The first-order chi connectivity index (χ1) is 13.2. The van der Waals surface area contributed by atoms with E-state index in [1.54, 1.807) is 13.3 Å². The van der Waals surface area contributed by atoms with E-state index in [0.29, 0.717) is 24.9 Å². The van der Waals surface area contributed by atoms with Crippen molar-refractivity contribution in [2.45, 2.75) is 44.2 Å². The van der Waals surface area contributed by atoms with Gasteiger partial charge in [0.15, 0.2) is 0 Å². The number of carbonyl (C=O) groups excluding carboxylic acids is 1. The Bertz CT molecular complexity index is 795. The lowest BCUT2D eigenvalue weighted by Gasteiger charge is -2.35. The Hall–Kier alpha value is -2.40. The highest BCUT2D eigenvalue weighted by molar-refractivity contribution is 5.84. The third-order valence-electron chi connectivity index (χ3n) is 6.06. The highest BCUT2D eigenvalue weighted by Crippen LogP contribution is 2.45. The SMILES string of the molecule is COc1ncccc1CCNC(=O)[C@]1(Cc2ccccc2)C[C@@H]2CC[C@H]1N2. The number of hydrogen-bond acceptors (Lipinski definition) is 4. The first kappa shape index (κ1) is 18.0. The molecule has 0 radical (unpaired) electrons. The van der Waals surface area contributed by atoms with E-state index in [-0.39, 0.29) is 17.4 Å². The van der Waals surface area contributed by atoms with Gasteiger partial charge in [-0.1, -0.05) is 36.4 Å². The number of methoxy groups -OCH3 is 1. The van der Waals surface area contributed by atoms with E-state index in [0.717, 1.165) is 24.8 Å². The van der Waals surface area contributed by atoms with Gasteiger partial charge < -0.3 is 15.4 Å². The van der Waals surface area contributed by atoms with Crippen LogP contribution in [-0.4, -0.2) is 36.6 Å². The first-order valence-electron chi connectivity index (χ1n) is 9.77. The molecule has 1 aromatic heterocycles. The Morgan fingerprint density at radius 1 is 1.26 bits per heavy atom. The Kier molecular flexibility index (Phi) is 5.12. The van der Waals surface area contributed by atoms with Crippen molar-refractivity contribution in [2.75, 3.05) is 13.7 Å². The average molecular weight is 365 g/mol. The molecule has 3 heterocycles. The number of nitrogens with one attached hydrogen (secondary N) is 2. The molecule has 2 aliphatic heterocycles. The van der Waals surface area contributed by atoms with Crippen LogP contribution in [0.4, 0.5) is 0 Å². The molecule has 2 fully saturated rings. The summed E-state index contributed by atoms with van der Waals surface area (Å²) in [6.07, 6.45) is 6.42. The van der Waals surface area contributed by atoms with Crippen LogP contribution in [0.2, 0.25) is 0 Å². The lowest BCUT2D eigenvalue weighted by Crippen LogP contribution is -2.50. The molecule has 1 amide bonds. The molecule has 1 aromatic carbocycles. The lowest BCUT2D eigenvalue weighted by molar-refractivity contribution is -0.132. The predicted molar refractivity (Wildman–Crippen MR) is 105 cm³/mol. The fraction of sp³-hybridized carbons (Fsp3) is 0.455. The molecular formula is C22H27N3O2. The second kappa shape index (κ2) is 7.69. The summed E-state index contributed by atoms with van der Waals surface area (Å²) in [6, 6.07) is 15.0. The number of hydrogen-bond donors (Lipinski definition) is 2. The summed E-state index contributed by atoms with van der Waals surface area (Å²) in [6.45, 7) is 0.592. The molecule has 0 saturated carbocycles. The number of nitrogens with zero attached hydrogens (tertiary/aromatic N) is 1. The molecular weight excluding hydrogens is 338 g/mol. The van der Waals surface area contributed by atoms with Crippen molar-refractivity contribution in [1.82, 2.24) is 15.6 Å². The van der Waals surface area contributed by atoms with Gasteiger partial charge in [-0.05, 0) is 43.7 Å². The maximum atomic E-state index is 13.3. The Morgan fingerprint density at radius 3 is 2.81 bits per heavy atom. The second-order valence-electron chi connectivity index (χ2n) is 7.69. The van der Waals surface area contributed by atoms with Gasteiger partial charge in [0, 0.05) is 30.4 Å². The molecule has 5 nitrogen and oxygen atoms in total. The van der Waals surface area contributed by atoms with Crippen molar-refractivity contribution >= 4 is 5.91 Å². The standard InChI is InChI=1S/C22H27N3O2/c1-27-20-17(8-5-12-23-20)11-13-24-21(26)22(14-16-6-3-2-4-7-16)15-18-9-10-19(22)25-18/h2-8,12,18-19,25H,9-11,13-15H2,1H3,(H,24,26)/t18-,19+,22+/m0/s1. The van der Waals surface area contributed by atoms with Gasteiger partial charge in [-0.2, -0.15) is 0 Å². The first-order valence-corrected chi connectivity index (χ1v) is 9.77. The van der Waals surface area contributed by atoms with Crippen LogP contribution >= 0.6 is 0 Å². The summed E-state index contributed by atoms with van der Waals surface area (Å²) in [5.74, 6) is 0.807. The van der Waals surface area contributed by atoms with Crippen LogP contribution in [0.3, 0.4) is 0 Å². The van der Waals surface area contributed by atoms with Gasteiger partial charge in [-0.25, -0.2) is 4.98 Å². The summed E-state index contributed by atoms with van der Waals surface area (Å²) >= 11 is 0. The summed E-state index contributed by atoms with van der Waals surface area (Å²) < 4.78 is 5.31. The highest BCUT2D eigenvalue weighted by atomic mass is 16.5. The molecule has 27 heavy (non-hydrogen) atoms. The Balaban J connectivity index is 1.45. The Labute approximate surface area is 160 Å². The quantitative estimate of drug-likeness (QED) is 0.791. The maximum Gasteiger partial charge on any atom is 0.228 e. The summed E-state index contributed by atoms with van der Waals surface area (Å²) in [7, 11) is 1.63. The van der Waals surface area contributed by atoms with E-state index in [2.05, 4.69) is 39.9 Å². The maximum absolute atomic E-state index is 13.3. The average Bonchev–Trinajstić information content (AvgIpc) is 3.31. The van der Waals surface area contributed by atoms with E-state index in [4.69, 9.17) is 4.74 Å². The van der Waals surface area contributed by atoms with Gasteiger partial charge in [-0.3, -0.25) is 4.79 Å². The number of pyridine rings is 1. The number of ether oxygens (including phenoxy) is 1. The van der Waals surface area contributed by atoms with Crippen molar-refractivity contribution < 1.29 is 9.53 Å². The molecule has 142 valence electrons. The van der Waals surface area contributed by atoms with Gasteiger partial charge in [0.1, 0.15) is 0 Å². The van der Waals surface area contributed by atoms with E-state index < -0.39 is 0 Å². The second-order valence-corrected chi connectivity index (χ2v) is 7.69. The summed E-state index contributed by atoms with van der Waals surface area (Å²) in [5, 5.41) is 6.86. The molecule has 4 rings (SSSR count). The predicted octanol–water partition coefficient (Wildman–Crippen LogP) is 2.50. The molecule has 3 atom stereocenters. The zero-order chi connectivity index (χ0) is 18.7. The molecule has 2 aromatic rings. The largest absolute Gasteiger partial charge is 0.481 e. The van der Waals surface area contributed by atoms with Gasteiger partial charge in [0.05, 0.1) is 12.5 Å². The number of fused-ring (bicyclic) bond motifs is 2. The number of benzene rings is 1. The van der Waals surface area contributed by atoms with Crippen molar-refractivity contribution in [3.05, 3.63) is 59.8 Å². The minimum absolute atomic E-state index is 0.175. The smallest absolute Gasteiger partial charge is 0.228 e. The van der Waals surface area contributed by atoms with Crippen molar-refractivity contribution in [1.29, 1.82) is 0 Å². The number of rotatable bonds is 7. The van der Waals surface area contributed by atoms with Gasteiger partial charge in [0.2, 0.25) is 11.8 Å². The van der Waals surface area contributed by atoms with Crippen LogP contribution in [0.15, 0.2) is 48.7 Å². The van der Waals surface area contributed by atoms with Gasteiger partial charge >= 0.3 is 0 Å². The minimum Gasteiger partial charge on any atom is -0.481 e. The van der Waals surface area contributed by atoms with Crippen LogP contribution in [0.5, 0.6) is 5.88 Å². The molecule has 2 N–H and O–H groups in total. The van der Waals surface area contributed by atoms with E-state index >= 15 is 0 Å². The third-order valence-corrected chi connectivity index (χ3v) is 6.06. The van der Waals surface area contributed by atoms with Crippen molar-refractivity contribution in [3.8, 4) is 5.88 Å². The molecule has 5 heteroatoms. The summed E-state index contributed by atoms with van der Waals surface area (Å²) in [5.41, 5.74) is 1.91. The van der Waals surface area contributed by atoms with Crippen LogP contribution in [0, 0.1) is 5.41 Å². The number of amides is 1.